The van der Waals surface area contributed by atoms with Gasteiger partial charge in [0.15, 0.2) is 25.0 Å². The summed E-state index contributed by atoms with van der Waals surface area (Å²) in [6, 6.07) is 9.27. The molecule has 1 aromatic carbocycles. The smallest absolute Gasteiger partial charge is 0.410 e. The number of carbonyl (C=O) groups excluding carboxylic acids is 2. The molecule has 0 spiro atoms. The molecule has 44 heavy (non-hydrogen) atoms. The minimum atomic E-state index is -2.41. The predicted molar refractivity (Wildman–Crippen MR) is 189 cm³/mol. The predicted octanol–water partition coefficient (Wildman–Crippen LogP) is 9.16. The van der Waals surface area contributed by atoms with Crippen LogP contribution in [0.3, 0.4) is 0 Å². The van der Waals surface area contributed by atoms with Crippen LogP contribution in [-0.2, 0) is 29.4 Å². The largest absolute Gasteiger partial charge is 0.445 e. The molecule has 1 heterocycles. The second-order valence-electron chi connectivity index (χ2n) is 17.1. The summed E-state index contributed by atoms with van der Waals surface area (Å²) in [5.74, 6) is 0. The van der Waals surface area contributed by atoms with Crippen LogP contribution < -0.4 is 0 Å². The molecule has 1 saturated heterocycles. The van der Waals surface area contributed by atoms with Gasteiger partial charge in [0.1, 0.15) is 12.9 Å². The number of hydrogen-bond acceptors (Lipinski definition) is 6. The van der Waals surface area contributed by atoms with Crippen molar-refractivity contribution in [3.05, 3.63) is 35.9 Å². The molecule has 1 aromatic rings. The molecule has 4 atom stereocenters. The van der Waals surface area contributed by atoms with Crippen LogP contribution in [0.2, 0.25) is 54.4 Å². The van der Waals surface area contributed by atoms with E-state index in [4.69, 9.17) is 18.0 Å². The summed E-state index contributed by atoms with van der Waals surface area (Å²) in [4.78, 5) is 28.1. The topological polar surface area (TPSA) is 74.3 Å². The van der Waals surface area contributed by atoms with Crippen LogP contribution in [0, 0.1) is 0 Å². The Morgan fingerprint density at radius 3 is 1.82 bits per heavy atom. The number of amides is 1. The van der Waals surface area contributed by atoms with E-state index in [1.54, 1.807) is 0 Å². The summed E-state index contributed by atoms with van der Waals surface area (Å²) in [6.07, 6.45) is 0.0483. The van der Waals surface area contributed by atoms with Crippen molar-refractivity contribution in [1.82, 2.24) is 4.90 Å². The fourth-order valence-electron chi connectivity index (χ4n) is 4.66. The summed E-state index contributed by atoms with van der Waals surface area (Å²) in [6.45, 7) is 34.0. The number of hydrogen-bond donors (Lipinski definition) is 0. The van der Waals surface area contributed by atoms with Gasteiger partial charge in [-0.05, 0) is 66.4 Å². The molecular weight excluding hydrogens is 603 g/mol. The van der Waals surface area contributed by atoms with E-state index in [2.05, 4.69) is 102 Å². The van der Waals surface area contributed by atoms with Gasteiger partial charge in [-0.1, -0.05) is 92.6 Å². The molecule has 0 aliphatic carbocycles. The molecule has 252 valence electrons. The molecule has 0 bridgehead atoms. The second kappa shape index (κ2) is 14.2. The Labute approximate surface area is 272 Å². The van der Waals surface area contributed by atoms with Crippen LogP contribution in [0.4, 0.5) is 4.79 Å². The minimum absolute atomic E-state index is 0.0194. The van der Waals surface area contributed by atoms with Gasteiger partial charge in [0.05, 0.1) is 24.4 Å². The molecule has 0 saturated carbocycles. The highest BCUT2D eigenvalue weighted by Crippen LogP contribution is 2.45. The lowest BCUT2D eigenvalue weighted by Crippen LogP contribution is -2.61. The molecular formula is C34H63NO6Si3. The molecule has 2 rings (SSSR count). The molecule has 7 nitrogen and oxygen atoms in total. The normalized spacial score (nSPS) is 20.4. The molecule has 0 aromatic heterocycles. The van der Waals surface area contributed by atoms with Crippen molar-refractivity contribution >= 4 is 37.3 Å². The van der Waals surface area contributed by atoms with E-state index in [1.165, 1.54) is 0 Å². The second-order valence-corrected chi connectivity index (χ2v) is 31.4. The van der Waals surface area contributed by atoms with E-state index in [-0.39, 0.29) is 40.3 Å². The van der Waals surface area contributed by atoms with E-state index >= 15 is 0 Å². The zero-order valence-corrected chi connectivity index (χ0v) is 33.5. The molecule has 1 aliphatic rings. The third-order valence-electron chi connectivity index (χ3n) is 10.6. The van der Waals surface area contributed by atoms with Gasteiger partial charge in [0, 0.05) is 13.0 Å². The van der Waals surface area contributed by atoms with Gasteiger partial charge in [0.25, 0.3) is 0 Å². The molecule has 1 fully saturated rings. The Bertz CT molecular complexity index is 1090. The Hall–Kier alpha value is -1.31. The Balaban J connectivity index is 2.69. The number of nitrogens with zero attached hydrogens (tertiary/aromatic N) is 1. The first-order valence-corrected chi connectivity index (χ1v) is 25.0. The first kappa shape index (κ1) is 38.9. The SMILES string of the molecule is CC(C)(C)[Si](C)(C)O[C@H]([C@H]1[C@@H](O[Si](C)(C)C(C)(C)C)CCN1C(=O)OCc1ccccc1)[C@@H](CC=O)O[Si](C)(C)C(C)(C)C. The maximum absolute atomic E-state index is 13.9. The average Bonchev–Trinajstić information content (AvgIpc) is 3.26. The molecule has 1 amide bonds. The maximum Gasteiger partial charge on any atom is 0.410 e. The van der Waals surface area contributed by atoms with Crippen LogP contribution in [-0.4, -0.2) is 73.1 Å². The monoisotopic (exact) mass is 665 g/mol. The van der Waals surface area contributed by atoms with E-state index in [9.17, 15) is 9.59 Å². The van der Waals surface area contributed by atoms with Crippen LogP contribution >= 0.6 is 0 Å². The number of carbonyl (C=O) groups is 2. The Morgan fingerprint density at radius 2 is 1.34 bits per heavy atom. The van der Waals surface area contributed by atoms with E-state index in [0.29, 0.717) is 13.0 Å². The molecule has 0 radical (unpaired) electrons. The summed E-state index contributed by atoms with van der Waals surface area (Å²) in [5, 5.41) is -0.188. The number of benzene rings is 1. The number of rotatable bonds is 12. The lowest BCUT2D eigenvalue weighted by atomic mass is 9.99. The molecule has 10 heteroatoms. The van der Waals surface area contributed by atoms with E-state index in [1.807, 2.05) is 35.2 Å². The van der Waals surface area contributed by atoms with Gasteiger partial charge in [-0.25, -0.2) is 4.79 Å². The third kappa shape index (κ3) is 9.61. The van der Waals surface area contributed by atoms with Crippen LogP contribution in [0.15, 0.2) is 30.3 Å². The lowest BCUT2D eigenvalue weighted by Gasteiger charge is -2.49. The molecule has 1 aliphatic heterocycles. The zero-order valence-electron chi connectivity index (χ0n) is 30.5. The average molecular weight is 666 g/mol. The van der Waals surface area contributed by atoms with Crippen LogP contribution in [0.5, 0.6) is 0 Å². The minimum Gasteiger partial charge on any atom is -0.445 e. The van der Waals surface area contributed by atoms with E-state index < -0.39 is 43.2 Å². The zero-order chi connectivity index (χ0) is 33.9. The summed E-state index contributed by atoms with van der Waals surface area (Å²) in [7, 11) is -6.99. The first-order chi connectivity index (χ1) is 19.8. The molecule has 0 unspecified atom stereocenters. The summed E-state index contributed by atoms with van der Waals surface area (Å²) < 4.78 is 27.4. The number of likely N-dealkylation sites (tertiary alicyclic amines) is 1. The van der Waals surface area contributed by atoms with Crippen molar-refractivity contribution in [3.63, 3.8) is 0 Å². The van der Waals surface area contributed by atoms with Gasteiger partial charge in [-0.3, -0.25) is 4.90 Å². The van der Waals surface area contributed by atoms with Gasteiger partial charge in [0.2, 0.25) is 0 Å². The van der Waals surface area contributed by atoms with Gasteiger partial charge in [-0.15, -0.1) is 0 Å². The van der Waals surface area contributed by atoms with Crippen molar-refractivity contribution in [3.8, 4) is 0 Å². The lowest BCUT2D eigenvalue weighted by molar-refractivity contribution is -0.112. The summed E-state index contributed by atoms with van der Waals surface area (Å²) in [5.41, 5.74) is 0.930. The standard InChI is InChI=1S/C34H63NO6Si3/c1-32(2,3)42(10,11)39-27-21-23-35(31(37)38-25-26-19-17-16-18-20-26)29(27)30(41-44(14,15)34(7,8)9)28(22-24-36)40-43(12,13)33(4,5)6/h16-20,24,27-30H,21-23,25H2,1-15H3/t27-,28+,29+,30-/m0/s1. The highest BCUT2D eigenvalue weighted by Gasteiger charge is 2.54. The summed E-state index contributed by atoms with van der Waals surface area (Å²) >= 11 is 0. The number of aldehydes is 1. The van der Waals surface area contributed by atoms with Crippen LogP contribution in [0.25, 0.3) is 0 Å². The highest BCUT2D eigenvalue weighted by molar-refractivity contribution is 6.75. The first-order valence-electron chi connectivity index (χ1n) is 16.3. The quantitative estimate of drug-likeness (QED) is 0.164. The van der Waals surface area contributed by atoms with Gasteiger partial charge >= 0.3 is 6.09 Å². The van der Waals surface area contributed by atoms with E-state index in [0.717, 1.165) is 11.8 Å². The van der Waals surface area contributed by atoms with Crippen molar-refractivity contribution in [1.29, 1.82) is 0 Å². The fourth-order valence-corrected chi connectivity index (χ4v) is 8.69. The van der Waals surface area contributed by atoms with Crippen molar-refractivity contribution in [2.75, 3.05) is 6.54 Å². The molecule has 0 N–H and O–H groups in total. The maximum atomic E-state index is 13.9. The van der Waals surface area contributed by atoms with Gasteiger partial charge < -0.3 is 22.8 Å². The fraction of sp³-hybridized carbons (Fsp3) is 0.765. The van der Waals surface area contributed by atoms with Gasteiger partial charge in [-0.2, -0.15) is 0 Å². The Kier molecular flexibility index (Phi) is 12.6. The third-order valence-corrected chi connectivity index (χ3v) is 24.1. The Morgan fingerprint density at radius 1 is 0.841 bits per heavy atom. The van der Waals surface area contributed by atoms with Crippen LogP contribution in [0.1, 0.15) is 80.7 Å². The van der Waals surface area contributed by atoms with Crippen molar-refractivity contribution in [2.45, 2.75) is 161 Å². The number of ether oxygens (including phenoxy) is 1. The van der Waals surface area contributed by atoms with Crippen molar-refractivity contribution in [2.24, 2.45) is 0 Å². The van der Waals surface area contributed by atoms with Crippen molar-refractivity contribution < 1.29 is 27.6 Å². The highest BCUT2D eigenvalue weighted by atomic mass is 28.4.